The van der Waals surface area contributed by atoms with Crippen LogP contribution in [0, 0.1) is 5.92 Å². The Bertz CT molecular complexity index is 146. The molecule has 1 aliphatic heterocycles. The van der Waals surface area contributed by atoms with E-state index in [9.17, 15) is 0 Å². The topological polar surface area (TPSA) is 3.24 Å². The standard InChI is InChI=1S/C11H23N/c1-6-10-7-9(2)8-12(10)11(3,4)5/h9-10H,6-8H2,1-5H3. The van der Waals surface area contributed by atoms with E-state index in [1.807, 2.05) is 0 Å². The molecule has 1 fully saturated rings. The molecule has 0 aromatic carbocycles. The molecule has 72 valence electrons. The van der Waals surface area contributed by atoms with Crippen molar-refractivity contribution in [3.8, 4) is 0 Å². The molecule has 1 saturated heterocycles. The molecule has 0 spiro atoms. The maximum absolute atomic E-state index is 2.66. The molecular weight excluding hydrogens is 146 g/mol. The Kier molecular flexibility index (Phi) is 2.82. The summed E-state index contributed by atoms with van der Waals surface area (Å²) in [4.78, 5) is 2.66. The molecule has 12 heavy (non-hydrogen) atoms. The van der Waals surface area contributed by atoms with Crippen molar-refractivity contribution in [1.29, 1.82) is 0 Å². The van der Waals surface area contributed by atoms with E-state index in [0.29, 0.717) is 5.54 Å². The molecule has 1 aliphatic rings. The van der Waals surface area contributed by atoms with Crippen LogP contribution >= 0.6 is 0 Å². The van der Waals surface area contributed by atoms with Crippen LogP contribution in [0.1, 0.15) is 47.5 Å². The number of likely N-dealkylation sites (tertiary alicyclic amines) is 1. The molecule has 0 aromatic rings. The van der Waals surface area contributed by atoms with Crippen molar-refractivity contribution in [3.63, 3.8) is 0 Å². The Hall–Kier alpha value is -0.0400. The first-order chi connectivity index (χ1) is 5.45. The SMILES string of the molecule is CCC1CC(C)CN1C(C)(C)C. The highest BCUT2D eigenvalue weighted by Gasteiger charge is 2.34. The molecule has 1 rings (SSSR count). The lowest BCUT2D eigenvalue weighted by atomic mass is 10.0. The summed E-state index contributed by atoms with van der Waals surface area (Å²) < 4.78 is 0. The summed E-state index contributed by atoms with van der Waals surface area (Å²) in [6.45, 7) is 13.0. The van der Waals surface area contributed by atoms with Crippen LogP contribution in [-0.4, -0.2) is 23.0 Å². The van der Waals surface area contributed by atoms with E-state index in [-0.39, 0.29) is 0 Å². The van der Waals surface area contributed by atoms with E-state index in [1.54, 1.807) is 0 Å². The monoisotopic (exact) mass is 169 g/mol. The Labute approximate surface area is 77.1 Å². The van der Waals surface area contributed by atoms with Crippen molar-refractivity contribution < 1.29 is 0 Å². The van der Waals surface area contributed by atoms with Gasteiger partial charge in [0.1, 0.15) is 0 Å². The van der Waals surface area contributed by atoms with Crippen LogP contribution < -0.4 is 0 Å². The number of hydrogen-bond acceptors (Lipinski definition) is 1. The van der Waals surface area contributed by atoms with Crippen LogP contribution in [0.3, 0.4) is 0 Å². The van der Waals surface area contributed by atoms with Crippen LogP contribution in [-0.2, 0) is 0 Å². The van der Waals surface area contributed by atoms with E-state index in [1.165, 1.54) is 19.4 Å². The van der Waals surface area contributed by atoms with E-state index < -0.39 is 0 Å². The zero-order chi connectivity index (χ0) is 9.35. The van der Waals surface area contributed by atoms with Gasteiger partial charge in [-0.15, -0.1) is 0 Å². The Morgan fingerprint density at radius 3 is 2.25 bits per heavy atom. The number of rotatable bonds is 1. The van der Waals surface area contributed by atoms with Gasteiger partial charge in [0.05, 0.1) is 0 Å². The first kappa shape index (κ1) is 10.0. The zero-order valence-corrected chi connectivity index (χ0v) is 9.22. The second-order valence-corrected chi connectivity index (χ2v) is 5.23. The van der Waals surface area contributed by atoms with Crippen molar-refractivity contribution in [2.45, 2.75) is 59.0 Å². The maximum Gasteiger partial charge on any atom is 0.0128 e. The quantitative estimate of drug-likeness (QED) is 0.583. The molecule has 2 unspecified atom stereocenters. The van der Waals surface area contributed by atoms with E-state index in [4.69, 9.17) is 0 Å². The lowest BCUT2D eigenvalue weighted by Crippen LogP contribution is -2.44. The van der Waals surface area contributed by atoms with Gasteiger partial charge in [0, 0.05) is 18.1 Å². The minimum absolute atomic E-state index is 0.367. The smallest absolute Gasteiger partial charge is 0.0128 e. The van der Waals surface area contributed by atoms with Crippen molar-refractivity contribution in [1.82, 2.24) is 4.90 Å². The first-order valence-electron chi connectivity index (χ1n) is 5.22. The summed E-state index contributed by atoms with van der Waals surface area (Å²) in [5.41, 5.74) is 0.367. The molecule has 1 heterocycles. The van der Waals surface area contributed by atoms with E-state index in [0.717, 1.165) is 12.0 Å². The fourth-order valence-corrected chi connectivity index (χ4v) is 2.36. The van der Waals surface area contributed by atoms with Crippen LogP contribution in [0.4, 0.5) is 0 Å². The summed E-state index contributed by atoms with van der Waals surface area (Å²) in [6.07, 6.45) is 2.70. The second kappa shape index (κ2) is 3.37. The van der Waals surface area contributed by atoms with Crippen molar-refractivity contribution in [3.05, 3.63) is 0 Å². The Balaban J connectivity index is 2.64. The third-order valence-corrected chi connectivity index (χ3v) is 2.96. The fourth-order valence-electron chi connectivity index (χ4n) is 2.36. The Morgan fingerprint density at radius 1 is 1.33 bits per heavy atom. The highest BCUT2D eigenvalue weighted by molar-refractivity contribution is 4.89. The molecule has 0 amide bonds. The van der Waals surface area contributed by atoms with Gasteiger partial charge >= 0.3 is 0 Å². The average Bonchev–Trinajstić information content (AvgIpc) is 2.29. The predicted molar refractivity (Wildman–Crippen MR) is 54.3 cm³/mol. The normalized spacial score (nSPS) is 32.8. The molecule has 1 nitrogen and oxygen atoms in total. The van der Waals surface area contributed by atoms with Crippen LogP contribution in [0.25, 0.3) is 0 Å². The minimum Gasteiger partial charge on any atom is -0.295 e. The summed E-state index contributed by atoms with van der Waals surface area (Å²) >= 11 is 0. The Morgan fingerprint density at radius 2 is 1.92 bits per heavy atom. The zero-order valence-electron chi connectivity index (χ0n) is 9.22. The molecule has 2 atom stereocenters. The van der Waals surface area contributed by atoms with Gasteiger partial charge in [-0.05, 0) is 39.5 Å². The van der Waals surface area contributed by atoms with E-state index >= 15 is 0 Å². The molecule has 0 aliphatic carbocycles. The molecule has 0 bridgehead atoms. The van der Waals surface area contributed by atoms with Crippen molar-refractivity contribution in [2.75, 3.05) is 6.54 Å². The molecule has 0 N–H and O–H groups in total. The van der Waals surface area contributed by atoms with Crippen LogP contribution in [0.15, 0.2) is 0 Å². The van der Waals surface area contributed by atoms with Gasteiger partial charge < -0.3 is 0 Å². The van der Waals surface area contributed by atoms with Gasteiger partial charge in [0.15, 0.2) is 0 Å². The largest absolute Gasteiger partial charge is 0.295 e. The summed E-state index contributed by atoms with van der Waals surface area (Å²) in [5.74, 6) is 0.897. The van der Waals surface area contributed by atoms with E-state index in [2.05, 4.69) is 39.5 Å². The molecular formula is C11H23N. The molecule has 1 heteroatoms. The summed E-state index contributed by atoms with van der Waals surface area (Å²) in [5, 5.41) is 0. The number of nitrogens with zero attached hydrogens (tertiary/aromatic N) is 1. The first-order valence-corrected chi connectivity index (χ1v) is 5.22. The molecule has 0 aromatic heterocycles. The van der Waals surface area contributed by atoms with Crippen molar-refractivity contribution >= 4 is 0 Å². The number of hydrogen-bond donors (Lipinski definition) is 0. The fraction of sp³-hybridized carbons (Fsp3) is 1.00. The average molecular weight is 169 g/mol. The minimum atomic E-state index is 0.367. The van der Waals surface area contributed by atoms with Gasteiger partial charge in [-0.25, -0.2) is 0 Å². The maximum atomic E-state index is 2.66. The van der Waals surface area contributed by atoms with Gasteiger partial charge in [-0.2, -0.15) is 0 Å². The highest BCUT2D eigenvalue weighted by Crippen LogP contribution is 2.31. The second-order valence-electron chi connectivity index (χ2n) is 5.23. The van der Waals surface area contributed by atoms with Gasteiger partial charge in [-0.3, -0.25) is 4.90 Å². The predicted octanol–water partition coefficient (Wildman–Crippen LogP) is 2.91. The lowest BCUT2D eigenvalue weighted by Gasteiger charge is -2.36. The van der Waals surface area contributed by atoms with Gasteiger partial charge in [0.2, 0.25) is 0 Å². The molecule has 0 radical (unpaired) electrons. The van der Waals surface area contributed by atoms with Crippen LogP contribution in [0.2, 0.25) is 0 Å². The lowest BCUT2D eigenvalue weighted by molar-refractivity contribution is 0.116. The van der Waals surface area contributed by atoms with Crippen molar-refractivity contribution in [2.24, 2.45) is 5.92 Å². The third kappa shape index (κ3) is 2.01. The molecule has 0 saturated carbocycles. The van der Waals surface area contributed by atoms with Gasteiger partial charge in [-0.1, -0.05) is 13.8 Å². The summed E-state index contributed by atoms with van der Waals surface area (Å²) in [7, 11) is 0. The summed E-state index contributed by atoms with van der Waals surface area (Å²) in [6, 6.07) is 0.833. The van der Waals surface area contributed by atoms with Gasteiger partial charge in [0.25, 0.3) is 0 Å². The highest BCUT2D eigenvalue weighted by atomic mass is 15.2. The third-order valence-electron chi connectivity index (χ3n) is 2.96. The van der Waals surface area contributed by atoms with Crippen LogP contribution in [0.5, 0.6) is 0 Å².